The van der Waals surface area contributed by atoms with Gasteiger partial charge in [0.25, 0.3) is 0 Å². The molecule has 0 atom stereocenters. The molecule has 22 heavy (non-hydrogen) atoms. The maximum atomic E-state index is 4.85. The van der Waals surface area contributed by atoms with Crippen molar-refractivity contribution < 1.29 is 15.1 Å². The summed E-state index contributed by atoms with van der Waals surface area (Å²) in [6.45, 7) is 0. The Kier molecular flexibility index (Phi) is 8.13. The molecule has 0 aromatic heterocycles. The van der Waals surface area contributed by atoms with Crippen LogP contribution in [0.15, 0.2) is 91.0 Å². The summed E-state index contributed by atoms with van der Waals surface area (Å²) in [5, 5.41) is 4.19. The van der Waals surface area contributed by atoms with E-state index in [-0.39, 0.29) is 15.1 Å². The topological polar surface area (TPSA) is 0 Å². The first-order chi connectivity index (χ1) is 10.9. The van der Waals surface area contributed by atoms with Gasteiger partial charge in [0.05, 0.1) is 0 Å². The zero-order valence-corrected chi connectivity index (χ0v) is 15.9. The SMILES string of the molecule is [Cl][Ru][Cl].c1ccc(P(c2ccccc2)c2ccccc2)cc1. The van der Waals surface area contributed by atoms with Crippen LogP contribution in [-0.2, 0) is 15.1 Å². The van der Waals surface area contributed by atoms with Gasteiger partial charge in [-0.2, -0.15) is 0 Å². The quantitative estimate of drug-likeness (QED) is 0.410. The Labute approximate surface area is 148 Å². The van der Waals surface area contributed by atoms with Crippen molar-refractivity contribution in [3.63, 3.8) is 0 Å². The summed E-state index contributed by atoms with van der Waals surface area (Å²) in [4.78, 5) is 0. The summed E-state index contributed by atoms with van der Waals surface area (Å²) >= 11 is -0.346. The standard InChI is InChI=1S/C18H15P.2ClH.Ru/c1-4-10-16(11-5-1)19(17-12-6-2-7-13-17)18-14-8-3-9-15-18;;;/h1-15H;2*1H;/q;;;+2/p-2. The van der Waals surface area contributed by atoms with Crippen LogP contribution in [0.3, 0.4) is 0 Å². The molecule has 0 fully saturated rings. The number of halogens is 2. The number of hydrogen-bond donors (Lipinski definition) is 0. The average Bonchev–Trinajstić information content (AvgIpc) is 2.59. The fourth-order valence-corrected chi connectivity index (χ4v) is 4.48. The molecule has 0 unspecified atom stereocenters. The van der Waals surface area contributed by atoms with E-state index in [9.17, 15) is 0 Å². The minimum Gasteiger partial charge on any atom is -0.0622 e. The van der Waals surface area contributed by atoms with E-state index in [2.05, 4.69) is 91.0 Å². The van der Waals surface area contributed by atoms with Gasteiger partial charge < -0.3 is 0 Å². The number of hydrogen-bond acceptors (Lipinski definition) is 0. The van der Waals surface area contributed by atoms with E-state index in [4.69, 9.17) is 19.4 Å². The first kappa shape index (κ1) is 17.6. The van der Waals surface area contributed by atoms with E-state index < -0.39 is 7.92 Å². The molecule has 4 heteroatoms. The first-order valence-electron chi connectivity index (χ1n) is 6.67. The molecule has 0 nitrogen and oxygen atoms in total. The molecule has 0 heterocycles. The smallest absolute Gasteiger partial charge is 0.0134 e. The summed E-state index contributed by atoms with van der Waals surface area (Å²) in [7, 11) is 9.26. The van der Waals surface area contributed by atoms with Crippen molar-refractivity contribution in [3.8, 4) is 0 Å². The van der Waals surface area contributed by atoms with Crippen LogP contribution in [0.5, 0.6) is 0 Å². The van der Waals surface area contributed by atoms with Crippen LogP contribution in [0.25, 0.3) is 0 Å². The molecule has 3 aromatic carbocycles. The molecule has 0 radical (unpaired) electrons. The summed E-state index contributed by atoms with van der Waals surface area (Å²) in [6.07, 6.45) is 0. The van der Waals surface area contributed by atoms with Crippen molar-refractivity contribution in [1.82, 2.24) is 0 Å². The maximum absolute atomic E-state index is 4.85. The molecule has 3 rings (SSSR count). The van der Waals surface area contributed by atoms with Crippen LogP contribution in [0.1, 0.15) is 0 Å². The van der Waals surface area contributed by atoms with Gasteiger partial charge in [0.1, 0.15) is 0 Å². The zero-order chi connectivity index (χ0) is 15.6. The molecule has 0 saturated carbocycles. The maximum Gasteiger partial charge on any atom is -0.0134 e. The van der Waals surface area contributed by atoms with Crippen LogP contribution in [0.4, 0.5) is 0 Å². The van der Waals surface area contributed by atoms with Crippen LogP contribution >= 0.6 is 27.3 Å². The third-order valence-electron chi connectivity index (χ3n) is 3.04. The molecule has 0 spiro atoms. The molecule has 0 aliphatic carbocycles. The van der Waals surface area contributed by atoms with Crippen molar-refractivity contribution in [2.45, 2.75) is 0 Å². The van der Waals surface area contributed by atoms with Gasteiger partial charge in [0.2, 0.25) is 0 Å². The minimum atomic E-state index is -0.446. The fourth-order valence-electron chi connectivity index (χ4n) is 2.18. The van der Waals surface area contributed by atoms with Crippen molar-refractivity contribution in [2.75, 3.05) is 0 Å². The Morgan fingerprint density at radius 1 is 0.500 bits per heavy atom. The van der Waals surface area contributed by atoms with Gasteiger partial charge in [0.15, 0.2) is 0 Å². The summed E-state index contributed by atoms with van der Waals surface area (Å²) in [6, 6.07) is 32.3. The average molecular weight is 434 g/mol. The third-order valence-corrected chi connectivity index (χ3v) is 5.49. The molecule has 3 aromatic rings. The summed E-state index contributed by atoms with van der Waals surface area (Å²) in [5.41, 5.74) is 0. The van der Waals surface area contributed by atoms with Crippen LogP contribution < -0.4 is 15.9 Å². The fraction of sp³-hybridized carbons (Fsp3) is 0. The summed E-state index contributed by atoms with van der Waals surface area (Å²) in [5.74, 6) is 0. The third kappa shape index (κ3) is 5.18. The van der Waals surface area contributed by atoms with Crippen molar-refractivity contribution in [3.05, 3.63) is 91.0 Å². The molecule has 0 bridgehead atoms. The Bertz CT molecular complexity index is 554. The largest absolute Gasteiger partial charge is 0.0622 e. The van der Waals surface area contributed by atoms with Gasteiger partial charge in [-0.3, -0.25) is 0 Å². The second-order valence-corrected chi connectivity index (χ2v) is 9.25. The predicted octanol–water partition coefficient (Wildman–Crippen LogP) is 4.82. The predicted molar refractivity (Wildman–Crippen MR) is 96.9 cm³/mol. The molecular weight excluding hydrogens is 419 g/mol. The Morgan fingerprint density at radius 3 is 0.955 bits per heavy atom. The normalized spacial score (nSPS) is 10.1. The molecule has 0 aliphatic heterocycles. The van der Waals surface area contributed by atoms with Gasteiger partial charge in [-0.05, 0) is 23.8 Å². The van der Waals surface area contributed by atoms with E-state index >= 15 is 0 Å². The molecule has 0 N–H and O–H groups in total. The van der Waals surface area contributed by atoms with Crippen LogP contribution in [0, 0.1) is 0 Å². The number of rotatable bonds is 3. The molecule has 114 valence electrons. The van der Waals surface area contributed by atoms with Gasteiger partial charge in [-0.1, -0.05) is 91.0 Å². The van der Waals surface area contributed by atoms with Crippen molar-refractivity contribution in [2.24, 2.45) is 0 Å². The van der Waals surface area contributed by atoms with E-state index in [1.807, 2.05) is 0 Å². The summed E-state index contributed by atoms with van der Waals surface area (Å²) < 4.78 is 0. The van der Waals surface area contributed by atoms with Crippen molar-refractivity contribution in [1.29, 1.82) is 0 Å². The second-order valence-electron chi connectivity index (χ2n) is 4.39. The van der Waals surface area contributed by atoms with Gasteiger partial charge in [0, 0.05) is 0 Å². The van der Waals surface area contributed by atoms with Crippen LogP contribution in [-0.4, -0.2) is 0 Å². The van der Waals surface area contributed by atoms with E-state index in [1.165, 1.54) is 15.9 Å². The van der Waals surface area contributed by atoms with E-state index in [1.54, 1.807) is 0 Å². The van der Waals surface area contributed by atoms with Crippen molar-refractivity contribution >= 4 is 43.2 Å². The van der Waals surface area contributed by atoms with E-state index in [0.717, 1.165) is 0 Å². The van der Waals surface area contributed by atoms with Gasteiger partial charge in [-0.15, -0.1) is 0 Å². The molecule has 0 amide bonds. The monoisotopic (exact) mass is 434 g/mol. The zero-order valence-electron chi connectivity index (χ0n) is 11.7. The van der Waals surface area contributed by atoms with Gasteiger partial charge in [-0.25, -0.2) is 0 Å². The Balaban J connectivity index is 0.000000545. The molecule has 0 aliphatic rings. The molecule has 0 saturated heterocycles. The minimum absolute atomic E-state index is 0.346. The van der Waals surface area contributed by atoms with E-state index in [0.29, 0.717) is 0 Å². The molecular formula is C18H15Cl2PRu. The second kappa shape index (κ2) is 10.1. The Morgan fingerprint density at radius 2 is 0.727 bits per heavy atom. The number of benzene rings is 3. The van der Waals surface area contributed by atoms with Gasteiger partial charge >= 0.3 is 34.5 Å². The first-order valence-corrected chi connectivity index (χ1v) is 12.5. The Hall–Kier alpha value is -0.707. The van der Waals surface area contributed by atoms with Crippen LogP contribution in [0.2, 0.25) is 0 Å².